The molecule has 0 radical (unpaired) electrons. The van der Waals surface area contributed by atoms with Gasteiger partial charge in [-0.05, 0) is 43.2 Å². The third-order valence-electron chi connectivity index (χ3n) is 7.37. The molecule has 1 aliphatic heterocycles. The Labute approximate surface area is 217 Å². The lowest BCUT2D eigenvalue weighted by atomic mass is 9.87. The van der Waals surface area contributed by atoms with Gasteiger partial charge in [0.25, 0.3) is 0 Å². The molecule has 1 aromatic heterocycles. The van der Waals surface area contributed by atoms with Crippen molar-refractivity contribution in [2.75, 3.05) is 6.61 Å². The van der Waals surface area contributed by atoms with Crippen LogP contribution in [-0.4, -0.2) is 70.2 Å². The van der Waals surface area contributed by atoms with Crippen molar-refractivity contribution >= 4 is 24.1 Å². The lowest BCUT2D eigenvalue weighted by Gasteiger charge is -2.27. The van der Waals surface area contributed by atoms with Crippen molar-refractivity contribution in [3.63, 3.8) is 0 Å². The number of nitrogens with zero attached hydrogens (tertiary/aromatic N) is 1. The van der Waals surface area contributed by atoms with Crippen LogP contribution in [0.4, 0.5) is 0 Å². The highest BCUT2D eigenvalue weighted by molar-refractivity contribution is 6.09. The third-order valence-corrected chi connectivity index (χ3v) is 7.37. The van der Waals surface area contributed by atoms with Gasteiger partial charge in [0.15, 0.2) is 5.84 Å². The molecule has 1 saturated heterocycles. The number of hydrogen-bond donors (Lipinski definition) is 6. The number of nitrogens with two attached hydrogens (primary N) is 1. The molecule has 3 rings (SSSR count). The monoisotopic (exact) mass is 519 g/mol. The zero-order chi connectivity index (χ0) is 27.4. The quantitative estimate of drug-likeness (QED) is 0.171. The van der Waals surface area contributed by atoms with Gasteiger partial charge in [0.2, 0.25) is 5.91 Å². The second-order valence-electron chi connectivity index (χ2n) is 11.3. The van der Waals surface area contributed by atoms with Crippen LogP contribution in [0.1, 0.15) is 77.6 Å². The number of carbonyl (C=O) groups is 2. The van der Waals surface area contributed by atoms with E-state index in [1.807, 2.05) is 20.8 Å². The fourth-order valence-corrected chi connectivity index (χ4v) is 4.84. The number of aromatic amines is 1. The van der Waals surface area contributed by atoms with E-state index in [0.717, 1.165) is 32.0 Å². The number of nitrogens with one attached hydrogen (secondary N) is 3. The maximum Gasteiger partial charge on any atom is 0.323 e. The van der Waals surface area contributed by atoms with Gasteiger partial charge < -0.3 is 35.7 Å². The van der Waals surface area contributed by atoms with Crippen molar-refractivity contribution in [2.45, 2.75) is 96.2 Å². The number of rotatable bonds is 8. The molecule has 206 valence electrons. The molecule has 2 heterocycles. The van der Waals surface area contributed by atoms with E-state index in [0.29, 0.717) is 23.7 Å². The number of ether oxygens (including phenoxy) is 2. The predicted molar refractivity (Wildman–Crippen MR) is 138 cm³/mol. The number of carbonyl (C=O) groups excluding carboxylic acids is 2. The molecular formula is C26H41N5O6. The Morgan fingerprint density at radius 3 is 2.62 bits per heavy atom. The number of aliphatic hydroxyl groups is 2. The summed E-state index contributed by atoms with van der Waals surface area (Å²) in [6.07, 6.45) is 3.16. The second kappa shape index (κ2) is 11.8. The number of amides is 1. The molecule has 11 heteroatoms. The van der Waals surface area contributed by atoms with Crippen LogP contribution in [0, 0.1) is 16.7 Å². The number of aliphatic hydroxyl groups excluding tert-OH is 2. The largest absolute Gasteiger partial charge is 0.462 e. The van der Waals surface area contributed by atoms with Crippen molar-refractivity contribution in [1.29, 1.82) is 5.41 Å². The van der Waals surface area contributed by atoms with Gasteiger partial charge in [0, 0.05) is 6.42 Å². The highest BCUT2D eigenvalue weighted by Gasteiger charge is 2.53. The molecule has 1 saturated carbocycles. The maximum absolute atomic E-state index is 12.6. The zero-order valence-electron chi connectivity index (χ0n) is 22.1. The second-order valence-corrected chi connectivity index (χ2v) is 11.3. The molecule has 0 spiro atoms. The van der Waals surface area contributed by atoms with E-state index in [9.17, 15) is 19.8 Å². The number of amidine groups is 1. The van der Waals surface area contributed by atoms with Gasteiger partial charge in [-0.1, -0.05) is 40.0 Å². The molecule has 5 atom stereocenters. The topological polar surface area (TPSA) is 183 Å². The number of aromatic nitrogens is 1. The van der Waals surface area contributed by atoms with Gasteiger partial charge >= 0.3 is 5.97 Å². The van der Waals surface area contributed by atoms with E-state index in [1.165, 1.54) is 6.42 Å². The Kier molecular flexibility index (Phi) is 9.27. The SMILES string of the molecule is CC(C)(C)[C@H](N)C(=O)OC[C@H]1O[C@@](C)(c2ccc(/C(=N\C=N)NC(=O)CC3CCCCC3)[nH]2)[C@H](O)[C@@H]1O. The Morgan fingerprint density at radius 1 is 1.32 bits per heavy atom. The number of hydrogen-bond acceptors (Lipinski definition) is 8. The number of esters is 1. The fraction of sp³-hybridized carbons (Fsp3) is 0.692. The Hall–Kier alpha value is -2.60. The normalized spacial score (nSPS) is 28.1. The molecular weight excluding hydrogens is 478 g/mol. The van der Waals surface area contributed by atoms with Crippen LogP contribution in [0.5, 0.6) is 0 Å². The zero-order valence-corrected chi connectivity index (χ0v) is 22.1. The van der Waals surface area contributed by atoms with Crippen LogP contribution in [0.15, 0.2) is 17.1 Å². The first kappa shape index (κ1) is 29.0. The summed E-state index contributed by atoms with van der Waals surface area (Å²) in [5, 5.41) is 31.6. The molecule has 7 N–H and O–H groups in total. The van der Waals surface area contributed by atoms with Crippen molar-refractivity contribution in [3.8, 4) is 0 Å². The molecule has 1 aliphatic carbocycles. The van der Waals surface area contributed by atoms with Gasteiger partial charge in [-0.3, -0.25) is 15.0 Å². The average molecular weight is 520 g/mol. The standard InChI is InChI=1S/C26H41N5O6/c1-25(2,3)21(28)24(35)36-13-17-20(33)22(34)26(4,37-17)18-11-10-16(30-18)23(29-14-27)31-19(32)12-15-8-6-5-7-9-15/h10-11,14-15,17,20-22,30,33-34H,5-9,12-13,28H2,1-4H3,(H2,27,29,31,32)/t17-,20-,21-,22-,26+/m1/s1. The van der Waals surface area contributed by atoms with Crippen molar-refractivity contribution in [1.82, 2.24) is 10.3 Å². The van der Waals surface area contributed by atoms with Crippen LogP contribution in [0.2, 0.25) is 0 Å². The Morgan fingerprint density at radius 2 is 2.00 bits per heavy atom. The van der Waals surface area contributed by atoms with Crippen LogP contribution in [-0.2, 0) is 24.7 Å². The van der Waals surface area contributed by atoms with E-state index < -0.39 is 41.3 Å². The minimum atomic E-state index is -1.36. The predicted octanol–water partition coefficient (Wildman–Crippen LogP) is 1.71. The molecule has 1 amide bonds. The van der Waals surface area contributed by atoms with E-state index >= 15 is 0 Å². The molecule has 0 unspecified atom stereocenters. The molecule has 2 fully saturated rings. The molecule has 37 heavy (non-hydrogen) atoms. The van der Waals surface area contributed by atoms with Gasteiger partial charge in [0.1, 0.15) is 42.9 Å². The summed E-state index contributed by atoms with van der Waals surface area (Å²) in [7, 11) is 0. The highest BCUT2D eigenvalue weighted by Crippen LogP contribution is 2.39. The van der Waals surface area contributed by atoms with Crippen LogP contribution >= 0.6 is 0 Å². The molecule has 0 aromatic carbocycles. The first-order valence-corrected chi connectivity index (χ1v) is 12.9. The van der Waals surface area contributed by atoms with E-state index in [1.54, 1.807) is 19.1 Å². The Balaban J connectivity index is 1.68. The van der Waals surface area contributed by atoms with Gasteiger partial charge in [0.05, 0.1) is 11.4 Å². The van der Waals surface area contributed by atoms with E-state index in [2.05, 4.69) is 15.3 Å². The summed E-state index contributed by atoms with van der Waals surface area (Å²) in [4.78, 5) is 32.0. The smallest absolute Gasteiger partial charge is 0.323 e. The maximum atomic E-state index is 12.6. The number of aliphatic imine (C=N–C) groups is 1. The van der Waals surface area contributed by atoms with Crippen LogP contribution < -0.4 is 11.1 Å². The average Bonchev–Trinajstić information content (AvgIpc) is 3.43. The van der Waals surface area contributed by atoms with E-state index in [4.69, 9.17) is 20.6 Å². The highest BCUT2D eigenvalue weighted by atomic mass is 16.6. The summed E-state index contributed by atoms with van der Waals surface area (Å²) in [6, 6.07) is 2.46. The van der Waals surface area contributed by atoms with E-state index in [-0.39, 0.29) is 18.3 Å². The lowest BCUT2D eigenvalue weighted by Crippen LogP contribution is -2.44. The minimum Gasteiger partial charge on any atom is -0.462 e. The summed E-state index contributed by atoms with van der Waals surface area (Å²) in [5.74, 6) is -0.260. The third kappa shape index (κ3) is 6.84. The van der Waals surface area contributed by atoms with Gasteiger partial charge in [-0.15, -0.1) is 0 Å². The lowest BCUT2D eigenvalue weighted by molar-refractivity contribution is -0.155. The fourth-order valence-electron chi connectivity index (χ4n) is 4.84. The van der Waals surface area contributed by atoms with Gasteiger partial charge in [-0.2, -0.15) is 0 Å². The van der Waals surface area contributed by atoms with Crippen LogP contribution in [0.3, 0.4) is 0 Å². The summed E-state index contributed by atoms with van der Waals surface area (Å²) in [5.41, 5.74) is 4.93. The summed E-state index contributed by atoms with van der Waals surface area (Å²) >= 11 is 0. The van der Waals surface area contributed by atoms with Crippen LogP contribution in [0.25, 0.3) is 0 Å². The van der Waals surface area contributed by atoms with Crippen molar-refractivity contribution < 1.29 is 29.3 Å². The number of H-pyrrole nitrogens is 1. The van der Waals surface area contributed by atoms with Crippen molar-refractivity contribution in [3.05, 3.63) is 23.5 Å². The minimum absolute atomic E-state index is 0.169. The first-order valence-electron chi connectivity index (χ1n) is 12.9. The molecule has 1 aromatic rings. The molecule has 11 nitrogen and oxygen atoms in total. The first-order chi connectivity index (χ1) is 17.4. The van der Waals surface area contributed by atoms with Gasteiger partial charge in [-0.25, -0.2) is 4.99 Å². The summed E-state index contributed by atoms with van der Waals surface area (Å²) in [6.45, 7) is 6.78. The molecule has 2 aliphatic rings. The Bertz CT molecular complexity index is 996. The van der Waals surface area contributed by atoms with Crippen molar-refractivity contribution in [2.24, 2.45) is 22.1 Å². The molecule has 0 bridgehead atoms. The summed E-state index contributed by atoms with van der Waals surface area (Å²) < 4.78 is 11.3.